The van der Waals surface area contributed by atoms with Crippen LogP contribution in [-0.4, -0.2) is 43.1 Å². The molecule has 39 heavy (non-hydrogen) atoms. The first-order valence-corrected chi connectivity index (χ1v) is 13.2. The van der Waals surface area contributed by atoms with E-state index in [-0.39, 0.29) is 17.1 Å². The largest absolute Gasteiger partial charge is 0.493 e. The van der Waals surface area contributed by atoms with Gasteiger partial charge in [0.25, 0.3) is 16.8 Å². The summed E-state index contributed by atoms with van der Waals surface area (Å²) >= 11 is 3.04. The minimum absolute atomic E-state index is 0.0104. The summed E-state index contributed by atoms with van der Waals surface area (Å²) < 4.78 is 13.9. The third kappa shape index (κ3) is 5.93. The zero-order valence-electron chi connectivity index (χ0n) is 20.2. The Hall–Kier alpha value is -4.24. The van der Waals surface area contributed by atoms with Crippen molar-refractivity contribution in [2.75, 3.05) is 7.11 Å². The summed E-state index contributed by atoms with van der Waals surface area (Å²) in [6.07, 6.45) is 3.27. The Morgan fingerprint density at radius 1 is 1.05 bits per heavy atom. The maximum Gasteiger partial charge on any atom is 0.293 e. The molecule has 11 nitrogen and oxygen atoms in total. The number of nitro benzene ring substituents is 1. The van der Waals surface area contributed by atoms with Crippen molar-refractivity contribution in [1.82, 2.24) is 19.9 Å². The maximum atomic E-state index is 13.1. The molecule has 4 aromatic rings. The van der Waals surface area contributed by atoms with Crippen molar-refractivity contribution in [3.05, 3.63) is 103 Å². The summed E-state index contributed by atoms with van der Waals surface area (Å²) in [5.41, 5.74) is 1.83. The van der Waals surface area contributed by atoms with Gasteiger partial charge in [-0.3, -0.25) is 24.6 Å². The third-order valence-electron chi connectivity index (χ3n) is 5.59. The molecule has 1 aliphatic rings. The van der Waals surface area contributed by atoms with Gasteiger partial charge in [0.15, 0.2) is 11.5 Å². The molecule has 0 radical (unpaired) electrons. The number of carbonyl (C=O) groups excluding carboxylic acids is 2. The summed E-state index contributed by atoms with van der Waals surface area (Å²) in [6.45, 7) is -0.0104. The van der Waals surface area contributed by atoms with E-state index in [0.29, 0.717) is 28.5 Å². The molecule has 2 heterocycles. The predicted octanol–water partition coefficient (Wildman–Crippen LogP) is 5.82. The van der Waals surface area contributed by atoms with Gasteiger partial charge in [0.1, 0.15) is 11.4 Å². The van der Waals surface area contributed by atoms with Crippen molar-refractivity contribution in [2.24, 2.45) is 0 Å². The molecule has 0 unspecified atom stereocenters. The number of carbonyl (C=O) groups is 2. The summed E-state index contributed by atoms with van der Waals surface area (Å²) in [7, 11) is 1.48. The van der Waals surface area contributed by atoms with Crippen LogP contribution in [0.15, 0.2) is 77.8 Å². The van der Waals surface area contributed by atoms with Gasteiger partial charge >= 0.3 is 0 Å². The molecule has 3 aromatic carbocycles. The van der Waals surface area contributed by atoms with Crippen LogP contribution in [0.25, 0.3) is 11.8 Å². The van der Waals surface area contributed by atoms with Gasteiger partial charge in [0.05, 0.1) is 35.4 Å². The molecule has 0 saturated carbocycles. The van der Waals surface area contributed by atoms with Crippen molar-refractivity contribution in [3.63, 3.8) is 0 Å². The number of halogens is 1. The Morgan fingerprint density at radius 3 is 2.49 bits per heavy atom. The van der Waals surface area contributed by atoms with Crippen molar-refractivity contribution in [1.29, 1.82) is 0 Å². The summed E-state index contributed by atoms with van der Waals surface area (Å²) in [4.78, 5) is 37.5. The average molecular weight is 655 g/mol. The SMILES string of the molecule is COc1ccc(/C=C2\SC(=O)N(Cc3cn(-c4ccc(I)cc4)nn3)C2=O)cc1Oc1ccc([N+](=O)[O-])cc1. The number of imide groups is 1. The first kappa shape index (κ1) is 26.4. The monoisotopic (exact) mass is 655 g/mol. The highest BCUT2D eigenvalue weighted by molar-refractivity contribution is 14.1. The Morgan fingerprint density at radius 2 is 1.79 bits per heavy atom. The first-order chi connectivity index (χ1) is 18.8. The lowest BCUT2D eigenvalue weighted by Crippen LogP contribution is -2.27. The molecule has 196 valence electrons. The van der Waals surface area contributed by atoms with Crippen LogP contribution < -0.4 is 9.47 Å². The van der Waals surface area contributed by atoms with Crippen LogP contribution in [-0.2, 0) is 11.3 Å². The molecule has 2 amide bonds. The number of non-ortho nitro benzene ring substituents is 1. The zero-order chi connectivity index (χ0) is 27.5. The number of aromatic nitrogens is 3. The van der Waals surface area contributed by atoms with Gasteiger partial charge in [0.2, 0.25) is 0 Å². The van der Waals surface area contributed by atoms with Gasteiger partial charge in [-0.2, -0.15) is 0 Å². The van der Waals surface area contributed by atoms with E-state index in [4.69, 9.17) is 9.47 Å². The molecule has 1 aromatic heterocycles. The van der Waals surface area contributed by atoms with Crippen molar-refractivity contribution in [2.45, 2.75) is 6.54 Å². The zero-order valence-corrected chi connectivity index (χ0v) is 23.2. The predicted molar refractivity (Wildman–Crippen MR) is 152 cm³/mol. The fourth-order valence-electron chi connectivity index (χ4n) is 3.67. The minimum atomic E-state index is -0.496. The van der Waals surface area contributed by atoms with Crippen LogP contribution in [0.4, 0.5) is 10.5 Å². The van der Waals surface area contributed by atoms with Crippen LogP contribution in [0.5, 0.6) is 17.2 Å². The number of nitrogens with zero attached hydrogens (tertiary/aromatic N) is 5. The summed E-state index contributed by atoms with van der Waals surface area (Å²) in [6, 6.07) is 18.4. The van der Waals surface area contributed by atoms with Gasteiger partial charge in [0, 0.05) is 15.7 Å². The van der Waals surface area contributed by atoms with E-state index < -0.39 is 16.1 Å². The second-order valence-corrected chi connectivity index (χ2v) is 10.4. The van der Waals surface area contributed by atoms with Crippen LogP contribution in [0.3, 0.4) is 0 Å². The van der Waals surface area contributed by atoms with Crippen LogP contribution in [0, 0.1) is 13.7 Å². The molecule has 13 heteroatoms. The normalized spacial score (nSPS) is 14.2. The molecule has 1 aliphatic heterocycles. The first-order valence-electron chi connectivity index (χ1n) is 11.3. The topological polar surface area (TPSA) is 130 Å². The minimum Gasteiger partial charge on any atom is -0.493 e. The van der Waals surface area contributed by atoms with E-state index in [2.05, 4.69) is 32.9 Å². The van der Waals surface area contributed by atoms with E-state index in [0.717, 1.165) is 25.9 Å². The quantitative estimate of drug-likeness (QED) is 0.0999. The number of hydrogen-bond donors (Lipinski definition) is 0. The van der Waals surface area contributed by atoms with Crippen molar-refractivity contribution in [3.8, 4) is 22.9 Å². The molecule has 0 aliphatic carbocycles. The Kier molecular flexibility index (Phi) is 7.60. The number of hydrogen-bond acceptors (Lipinski definition) is 9. The highest BCUT2D eigenvalue weighted by atomic mass is 127. The van der Waals surface area contributed by atoms with E-state index in [1.807, 2.05) is 24.3 Å². The molecular weight excluding hydrogens is 637 g/mol. The van der Waals surface area contributed by atoms with E-state index in [9.17, 15) is 19.7 Å². The molecule has 1 fully saturated rings. The Balaban J connectivity index is 1.32. The molecule has 0 atom stereocenters. The summed E-state index contributed by atoms with van der Waals surface area (Å²) in [5.74, 6) is 0.693. The van der Waals surface area contributed by atoms with Gasteiger partial charge in [-0.05, 0) is 94.5 Å². The average Bonchev–Trinajstić information content (AvgIpc) is 3.50. The number of thioether (sulfide) groups is 1. The number of amides is 2. The Labute approximate surface area is 239 Å². The van der Waals surface area contributed by atoms with E-state index in [1.54, 1.807) is 35.2 Å². The van der Waals surface area contributed by atoms with Gasteiger partial charge in [-0.15, -0.1) is 5.10 Å². The highest BCUT2D eigenvalue weighted by Gasteiger charge is 2.35. The second kappa shape index (κ2) is 11.2. The van der Waals surface area contributed by atoms with Crippen LogP contribution in [0.1, 0.15) is 11.3 Å². The fourth-order valence-corrected chi connectivity index (χ4v) is 4.86. The summed E-state index contributed by atoms with van der Waals surface area (Å²) in [5, 5.41) is 18.7. The maximum absolute atomic E-state index is 13.1. The molecule has 0 spiro atoms. The second-order valence-electron chi connectivity index (χ2n) is 8.16. The lowest BCUT2D eigenvalue weighted by molar-refractivity contribution is -0.384. The molecule has 5 rings (SSSR count). The van der Waals surface area contributed by atoms with Gasteiger partial charge < -0.3 is 9.47 Å². The molecule has 0 bridgehead atoms. The Bertz CT molecular complexity index is 1600. The molecule has 1 saturated heterocycles. The standard InChI is InChI=1S/C26H18IN5O6S/c1-37-22-11-2-16(12-23(22)38-21-9-7-20(8-10-21)32(35)36)13-24-25(33)30(26(34)39-24)14-18-15-31(29-28-18)19-5-3-17(27)4-6-19/h2-13,15H,14H2,1H3/b24-13-. The lowest BCUT2D eigenvalue weighted by atomic mass is 10.1. The molecule has 0 N–H and O–H groups in total. The number of methoxy groups -OCH3 is 1. The fraction of sp³-hybridized carbons (Fsp3) is 0.0769. The highest BCUT2D eigenvalue weighted by Crippen LogP contribution is 2.37. The van der Waals surface area contributed by atoms with Crippen LogP contribution >= 0.6 is 34.4 Å². The van der Waals surface area contributed by atoms with Crippen molar-refractivity contribution >= 4 is 57.3 Å². The van der Waals surface area contributed by atoms with Gasteiger partial charge in [-0.1, -0.05) is 11.3 Å². The smallest absolute Gasteiger partial charge is 0.293 e. The number of rotatable bonds is 8. The number of nitro groups is 1. The van der Waals surface area contributed by atoms with E-state index >= 15 is 0 Å². The number of ether oxygens (including phenoxy) is 2. The number of benzene rings is 3. The van der Waals surface area contributed by atoms with Crippen LogP contribution in [0.2, 0.25) is 0 Å². The van der Waals surface area contributed by atoms with Crippen molar-refractivity contribution < 1.29 is 24.0 Å². The third-order valence-corrected chi connectivity index (χ3v) is 7.21. The lowest BCUT2D eigenvalue weighted by Gasteiger charge is -2.11. The molecular formula is C26H18IN5O6S. The van der Waals surface area contributed by atoms with Gasteiger partial charge in [-0.25, -0.2) is 4.68 Å². The van der Waals surface area contributed by atoms with E-state index in [1.165, 1.54) is 31.4 Å².